The maximum atomic E-state index is 12.3. The van der Waals surface area contributed by atoms with Crippen molar-refractivity contribution in [2.24, 2.45) is 0 Å². The fourth-order valence-electron chi connectivity index (χ4n) is 2.39. The molecule has 0 aliphatic carbocycles. The summed E-state index contributed by atoms with van der Waals surface area (Å²) in [5.41, 5.74) is 1.98. The van der Waals surface area contributed by atoms with Crippen LogP contribution in [0.1, 0.15) is 0 Å². The molecule has 0 aliphatic rings. The second-order valence-electron chi connectivity index (χ2n) is 5.52. The summed E-state index contributed by atoms with van der Waals surface area (Å²) < 4.78 is 33.6. The molecule has 1 N–H and O–H groups in total. The molecule has 136 valence electrons. The molecule has 4 rings (SSSR count). The smallest absolute Gasteiger partial charge is 0.271 e. The maximum Gasteiger partial charge on any atom is 0.271 e. The van der Waals surface area contributed by atoms with E-state index in [1.165, 1.54) is 0 Å². The fraction of sp³-hybridized carbons (Fsp3) is 0. The molecular formula is C18H12BrN3O3S2. The van der Waals surface area contributed by atoms with Gasteiger partial charge < -0.3 is 4.52 Å². The lowest BCUT2D eigenvalue weighted by atomic mass is 10.2. The number of hydrogen-bond donors (Lipinski definition) is 1. The number of anilines is 1. The molecule has 2 aromatic carbocycles. The van der Waals surface area contributed by atoms with Crippen LogP contribution in [0.5, 0.6) is 0 Å². The number of aromatic nitrogens is 2. The van der Waals surface area contributed by atoms with E-state index in [-0.39, 0.29) is 4.21 Å². The first kappa shape index (κ1) is 17.9. The SMILES string of the molecule is O=S(=O)(Nc1ccc(-c2noc(-c3ccccc3Br)n2)cc1)c1cccs1. The first-order valence-electron chi connectivity index (χ1n) is 7.78. The summed E-state index contributed by atoms with van der Waals surface area (Å²) in [5, 5.41) is 5.72. The van der Waals surface area contributed by atoms with E-state index in [0.29, 0.717) is 17.4 Å². The van der Waals surface area contributed by atoms with Crippen LogP contribution in [-0.4, -0.2) is 18.6 Å². The van der Waals surface area contributed by atoms with Gasteiger partial charge in [-0.1, -0.05) is 23.4 Å². The average molecular weight is 462 g/mol. The fourth-order valence-corrected chi connectivity index (χ4v) is 4.90. The number of hydrogen-bond acceptors (Lipinski definition) is 6. The van der Waals surface area contributed by atoms with Gasteiger partial charge in [0.15, 0.2) is 0 Å². The van der Waals surface area contributed by atoms with E-state index in [1.807, 2.05) is 24.3 Å². The van der Waals surface area contributed by atoms with Crippen LogP contribution >= 0.6 is 27.3 Å². The third-order valence-electron chi connectivity index (χ3n) is 3.69. The summed E-state index contributed by atoms with van der Waals surface area (Å²) in [6, 6.07) is 17.6. The molecule has 0 amide bonds. The topological polar surface area (TPSA) is 85.1 Å². The minimum atomic E-state index is -3.57. The van der Waals surface area contributed by atoms with Gasteiger partial charge in [0.1, 0.15) is 4.21 Å². The van der Waals surface area contributed by atoms with Crippen molar-refractivity contribution < 1.29 is 12.9 Å². The molecule has 4 aromatic rings. The molecule has 0 saturated heterocycles. The Morgan fingerprint density at radius 2 is 1.78 bits per heavy atom. The Balaban J connectivity index is 1.56. The molecule has 6 nitrogen and oxygen atoms in total. The minimum absolute atomic E-state index is 0.267. The van der Waals surface area contributed by atoms with Crippen molar-refractivity contribution in [1.29, 1.82) is 0 Å². The van der Waals surface area contributed by atoms with Gasteiger partial charge in [0, 0.05) is 15.7 Å². The van der Waals surface area contributed by atoms with E-state index < -0.39 is 10.0 Å². The van der Waals surface area contributed by atoms with Gasteiger partial charge in [-0.2, -0.15) is 4.98 Å². The van der Waals surface area contributed by atoms with E-state index in [9.17, 15) is 8.42 Å². The van der Waals surface area contributed by atoms with Gasteiger partial charge in [-0.15, -0.1) is 11.3 Å². The largest absolute Gasteiger partial charge is 0.334 e. The van der Waals surface area contributed by atoms with E-state index in [0.717, 1.165) is 26.9 Å². The van der Waals surface area contributed by atoms with Crippen LogP contribution in [0, 0.1) is 0 Å². The number of halogens is 1. The van der Waals surface area contributed by atoms with Crippen molar-refractivity contribution in [3.05, 3.63) is 70.5 Å². The van der Waals surface area contributed by atoms with Crippen molar-refractivity contribution >= 4 is 43.0 Å². The second kappa shape index (κ2) is 7.26. The number of nitrogens with one attached hydrogen (secondary N) is 1. The predicted molar refractivity (Wildman–Crippen MR) is 108 cm³/mol. The first-order valence-corrected chi connectivity index (χ1v) is 10.9. The molecule has 27 heavy (non-hydrogen) atoms. The third kappa shape index (κ3) is 3.80. The summed E-state index contributed by atoms with van der Waals surface area (Å²) >= 11 is 4.62. The lowest BCUT2D eigenvalue weighted by molar-refractivity contribution is 0.432. The summed E-state index contributed by atoms with van der Waals surface area (Å²) in [6.45, 7) is 0. The van der Waals surface area contributed by atoms with Gasteiger partial charge in [0.05, 0.1) is 5.56 Å². The third-order valence-corrected chi connectivity index (χ3v) is 7.16. The Morgan fingerprint density at radius 1 is 1.00 bits per heavy atom. The Labute approximate surface area is 168 Å². The Kier molecular flexibility index (Phi) is 4.81. The minimum Gasteiger partial charge on any atom is -0.334 e. The molecule has 0 saturated carbocycles. The van der Waals surface area contributed by atoms with Crippen LogP contribution in [0.25, 0.3) is 22.8 Å². The van der Waals surface area contributed by atoms with Crippen LogP contribution in [0.15, 0.2) is 79.2 Å². The van der Waals surface area contributed by atoms with E-state index >= 15 is 0 Å². The highest BCUT2D eigenvalue weighted by Crippen LogP contribution is 2.29. The number of nitrogens with zero attached hydrogens (tertiary/aromatic N) is 2. The molecule has 0 unspecified atom stereocenters. The zero-order valence-electron chi connectivity index (χ0n) is 13.7. The van der Waals surface area contributed by atoms with E-state index in [4.69, 9.17) is 4.52 Å². The van der Waals surface area contributed by atoms with Crippen molar-refractivity contribution in [2.45, 2.75) is 4.21 Å². The molecule has 0 aliphatic heterocycles. The molecule has 0 atom stereocenters. The lowest BCUT2D eigenvalue weighted by Crippen LogP contribution is -2.11. The highest BCUT2D eigenvalue weighted by atomic mass is 79.9. The van der Waals surface area contributed by atoms with E-state index in [2.05, 4.69) is 30.8 Å². The molecule has 0 bridgehead atoms. The summed E-state index contributed by atoms with van der Waals surface area (Å²) in [7, 11) is -3.57. The highest BCUT2D eigenvalue weighted by Gasteiger charge is 2.16. The first-order chi connectivity index (χ1) is 13.0. The van der Waals surface area contributed by atoms with Crippen molar-refractivity contribution in [2.75, 3.05) is 4.72 Å². The second-order valence-corrected chi connectivity index (χ2v) is 9.23. The number of thiophene rings is 1. The maximum absolute atomic E-state index is 12.3. The summed E-state index contributed by atoms with van der Waals surface area (Å²) in [6.07, 6.45) is 0. The summed E-state index contributed by atoms with van der Waals surface area (Å²) in [4.78, 5) is 4.41. The average Bonchev–Trinajstić information content (AvgIpc) is 3.35. The normalized spacial score (nSPS) is 11.4. The van der Waals surface area contributed by atoms with Crippen LogP contribution < -0.4 is 4.72 Å². The van der Waals surface area contributed by atoms with Crippen LogP contribution in [0.3, 0.4) is 0 Å². The summed E-state index contributed by atoms with van der Waals surface area (Å²) in [5.74, 6) is 0.827. The number of sulfonamides is 1. The molecule has 2 heterocycles. The Morgan fingerprint density at radius 3 is 2.48 bits per heavy atom. The van der Waals surface area contributed by atoms with Crippen molar-refractivity contribution in [3.8, 4) is 22.8 Å². The van der Waals surface area contributed by atoms with Gasteiger partial charge in [0.2, 0.25) is 5.82 Å². The van der Waals surface area contributed by atoms with Crippen molar-refractivity contribution in [3.63, 3.8) is 0 Å². The highest BCUT2D eigenvalue weighted by molar-refractivity contribution is 9.10. The Bertz CT molecular complexity index is 1170. The zero-order valence-corrected chi connectivity index (χ0v) is 16.9. The quantitative estimate of drug-likeness (QED) is 0.450. The monoisotopic (exact) mass is 461 g/mol. The van der Waals surface area contributed by atoms with E-state index in [1.54, 1.807) is 41.8 Å². The standard InChI is InChI=1S/C18H12BrN3O3S2/c19-15-5-2-1-4-14(15)18-20-17(21-25-18)12-7-9-13(10-8-12)22-27(23,24)16-6-3-11-26-16/h1-11,22H. The van der Waals surface area contributed by atoms with Crippen LogP contribution in [0.4, 0.5) is 5.69 Å². The molecule has 0 spiro atoms. The molecule has 0 radical (unpaired) electrons. The van der Waals surface area contributed by atoms with Crippen LogP contribution in [0.2, 0.25) is 0 Å². The van der Waals surface area contributed by atoms with Gasteiger partial charge in [-0.3, -0.25) is 4.72 Å². The molecule has 0 fully saturated rings. The van der Waals surface area contributed by atoms with Gasteiger partial charge in [0.25, 0.3) is 15.9 Å². The number of rotatable bonds is 5. The molecular weight excluding hydrogens is 450 g/mol. The molecule has 9 heteroatoms. The van der Waals surface area contributed by atoms with Gasteiger partial charge >= 0.3 is 0 Å². The zero-order chi connectivity index (χ0) is 18.9. The van der Waals surface area contributed by atoms with Crippen LogP contribution in [-0.2, 0) is 10.0 Å². The Hall–Kier alpha value is -2.49. The lowest BCUT2D eigenvalue weighted by Gasteiger charge is -2.06. The number of benzene rings is 2. The van der Waals surface area contributed by atoms with Gasteiger partial charge in [-0.25, -0.2) is 8.42 Å². The predicted octanol–water partition coefficient (Wildman–Crippen LogP) is 5.03. The van der Waals surface area contributed by atoms with Crippen molar-refractivity contribution in [1.82, 2.24) is 10.1 Å². The van der Waals surface area contributed by atoms with Gasteiger partial charge in [-0.05, 0) is 63.8 Å². The molecule has 2 aromatic heterocycles.